The number of nitrogens with one attached hydrogen (secondary N) is 2. The van der Waals surface area contributed by atoms with E-state index in [1.54, 1.807) is 10.7 Å². The fourth-order valence-corrected chi connectivity index (χ4v) is 2.02. The van der Waals surface area contributed by atoms with Gasteiger partial charge in [0.25, 0.3) is 0 Å². The maximum Gasteiger partial charge on any atom is 0.243 e. The van der Waals surface area contributed by atoms with Gasteiger partial charge in [-0.05, 0) is 35.0 Å². The third-order valence-corrected chi connectivity index (χ3v) is 3.13. The molecule has 0 spiro atoms. The summed E-state index contributed by atoms with van der Waals surface area (Å²) in [5.41, 5.74) is 1.87. The van der Waals surface area contributed by atoms with Gasteiger partial charge in [0, 0.05) is 22.4 Å². The molecular weight excluding hydrogens is 296 g/mol. The van der Waals surface area contributed by atoms with Crippen LogP contribution >= 0.6 is 15.9 Å². The van der Waals surface area contributed by atoms with Crippen molar-refractivity contribution in [2.75, 3.05) is 5.32 Å². The Hall–Kier alpha value is -1.89. The predicted octanol–water partition coefficient (Wildman–Crippen LogP) is 2.39. The van der Waals surface area contributed by atoms with E-state index < -0.39 is 0 Å². The number of pyridine rings is 1. The largest absolute Gasteiger partial charge is 0.346 e. The SMILES string of the molecule is CC(Nc1nc2ccc(Br)cn2n1)c1cn[nH]c1. The van der Waals surface area contributed by atoms with Crippen LogP contribution in [0.25, 0.3) is 5.65 Å². The van der Waals surface area contributed by atoms with E-state index >= 15 is 0 Å². The number of hydrogen-bond acceptors (Lipinski definition) is 4. The first-order valence-electron chi connectivity index (χ1n) is 5.49. The van der Waals surface area contributed by atoms with Crippen LogP contribution < -0.4 is 5.32 Å². The van der Waals surface area contributed by atoms with Crippen LogP contribution in [0.4, 0.5) is 5.95 Å². The van der Waals surface area contributed by atoms with Crippen molar-refractivity contribution < 1.29 is 0 Å². The van der Waals surface area contributed by atoms with Crippen LogP contribution in [0.5, 0.6) is 0 Å². The zero-order chi connectivity index (χ0) is 12.5. The van der Waals surface area contributed by atoms with Crippen molar-refractivity contribution in [1.82, 2.24) is 24.8 Å². The molecule has 0 bridgehead atoms. The Balaban J connectivity index is 1.86. The molecule has 0 aliphatic carbocycles. The van der Waals surface area contributed by atoms with Crippen LogP contribution in [-0.2, 0) is 0 Å². The summed E-state index contributed by atoms with van der Waals surface area (Å²) in [6.07, 6.45) is 5.50. The lowest BCUT2D eigenvalue weighted by Gasteiger charge is -2.08. The van der Waals surface area contributed by atoms with E-state index in [-0.39, 0.29) is 6.04 Å². The maximum atomic E-state index is 4.39. The van der Waals surface area contributed by atoms with Crippen molar-refractivity contribution in [2.24, 2.45) is 0 Å². The number of aromatic amines is 1. The van der Waals surface area contributed by atoms with Crippen LogP contribution in [-0.4, -0.2) is 24.8 Å². The lowest BCUT2D eigenvalue weighted by molar-refractivity contribution is 0.853. The summed E-state index contributed by atoms with van der Waals surface area (Å²) in [4.78, 5) is 4.39. The predicted molar refractivity (Wildman–Crippen MR) is 71.3 cm³/mol. The van der Waals surface area contributed by atoms with Crippen molar-refractivity contribution >= 4 is 27.5 Å². The van der Waals surface area contributed by atoms with Gasteiger partial charge in [-0.25, -0.2) is 4.52 Å². The second kappa shape index (κ2) is 4.41. The molecule has 0 aromatic carbocycles. The molecule has 3 aromatic heterocycles. The van der Waals surface area contributed by atoms with E-state index in [4.69, 9.17) is 0 Å². The van der Waals surface area contributed by atoms with Crippen LogP contribution in [0, 0.1) is 0 Å². The first-order valence-corrected chi connectivity index (χ1v) is 6.29. The van der Waals surface area contributed by atoms with Crippen molar-refractivity contribution in [3.8, 4) is 0 Å². The Morgan fingerprint density at radius 3 is 3.11 bits per heavy atom. The molecule has 92 valence electrons. The third-order valence-electron chi connectivity index (χ3n) is 2.66. The Labute approximate surface area is 112 Å². The summed E-state index contributed by atoms with van der Waals surface area (Å²) in [7, 11) is 0. The molecule has 1 unspecified atom stereocenters. The van der Waals surface area contributed by atoms with Crippen LogP contribution in [0.15, 0.2) is 35.2 Å². The summed E-state index contributed by atoms with van der Waals surface area (Å²) < 4.78 is 2.70. The first-order chi connectivity index (χ1) is 8.72. The molecule has 1 atom stereocenters. The minimum atomic E-state index is 0.101. The second-order valence-electron chi connectivity index (χ2n) is 3.98. The van der Waals surface area contributed by atoms with Gasteiger partial charge in [-0.1, -0.05) is 0 Å². The topological polar surface area (TPSA) is 70.9 Å². The number of anilines is 1. The molecule has 3 aromatic rings. The highest BCUT2D eigenvalue weighted by atomic mass is 79.9. The molecule has 6 nitrogen and oxygen atoms in total. The van der Waals surface area contributed by atoms with Gasteiger partial charge in [0.2, 0.25) is 5.95 Å². The third kappa shape index (κ3) is 2.08. The number of nitrogens with zero attached hydrogens (tertiary/aromatic N) is 4. The Morgan fingerprint density at radius 2 is 2.33 bits per heavy atom. The fraction of sp³-hybridized carbons (Fsp3) is 0.182. The average Bonchev–Trinajstić information content (AvgIpc) is 2.95. The smallest absolute Gasteiger partial charge is 0.243 e. The number of fused-ring (bicyclic) bond motifs is 1. The second-order valence-corrected chi connectivity index (χ2v) is 4.90. The highest BCUT2D eigenvalue weighted by Gasteiger charge is 2.10. The first kappa shape index (κ1) is 11.2. The number of H-pyrrole nitrogens is 1. The summed E-state index contributed by atoms with van der Waals surface area (Å²) in [5, 5.41) is 14.3. The monoisotopic (exact) mass is 306 g/mol. The van der Waals surface area contributed by atoms with E-state index in [0.717, 1.165) is 15.7 Å². The minimum Gasteiger partial charge on any atom is -0.346 e. The van der Waals surface area contributed by atoms with E-state index in [1.807, 2.05) is 31.5 Å². The molecule has 18 heavy (non-hydrogen) atoms. The normalized spacial score (nSPS) is 12.8. The van der Waals surface area contributed by atoms with Gasteiger partial charge in [-0.3, -0.25) is 5.10 Å². The lowest BCUT2D eigenvalue weighted by atomic mass is 10.2. The summed E-state index contributed by atoms with van der Waals surface area (Å²) >= 11 is 3.40. The van der Waals surface area contributed by atoms with Crippen LogP contribution in [0.1, 0.15) is 18.5 Å². The summed E-state index contributed by atoms with van der Waals surface area (Å²) in [6, 6.07) is 3.95. The van der Waals surface area contributed by atoms with Gasteiger partial charge >= 0.3 is 0 Å². The number of hydrogen-bond donors (Lipinski definition) is 2. The minimum absolute atomic E-state index is 0.101. The highest BCUT2D eigenvalue weighted by molar-refractivity contribution is 9.10. The van der Waals surface area contributed by atoms with Gasteiger partial charge in [-0.15, -0.1) is 5.10 Å². The maximum absolute atomic E-state index is 4.39. The van der Waals surface area contributed by atoms with E-state index in [0.29, 0.717) is 5.95 Å². The van der Waals surface area contributed by atoms with Gasteiger partial charge in [0.15, 0.2) is 5.65 Å². The van der Waals surface area contributed by atoms with E-state index in [2.05, 4.69) is 41.5 Å². The Bertz CT molecular complexity index is 659. The number of halogens is 1. The lowest BCUT2D eigenvalue weighted by Crippen LogP contribution is -2.07. The van der Waals surface area contributed by atoms with Gasteiger partial charge < -0.3 is 5.32 Å². The number of rotatable bonds is 3. The van der Waals surface area contributed by atoms with Crippen molar-refractivity contribution in [3.05, 3.63) is 40.8 Å². The van der Waals surface area contributed by atoms with Gasteiger partial charge in [0.05, 0.1) is 12.2 Å². The molecule has 2 N–H and O–H groups in total. The molecule has 7 heteroatoms. The Kier molecular flexibility index (Phi) is 2.75. The Morgan fingerprint density at radius 1 is 1.44 bits per heavy atom. The zero-order valence-electron chi connectivity index (χ0n) is 9.63. The molecule has 0 radical (unpaired) electrons. The molecule has 0 aliphatic rings. The molecule has 0 saturated carbocycles. The summed E-state index contributed by atoms with van der Waals surface area (Å²) in [6.45, 7) is 2.03. The highest BCUT2D eigenvalue weighted by Crippen LogP contribution is 2.17. The zero-order valence-corrected chi connectivity index (χ0v) is 11.2. The molecule has 0 fully saturated rings. The molecule has 3 heterocycles. The fourth-order valence-electron chi connectivity index (χ4n) is 1.69. The molecule has 0 aliphatic heterocycles. The van der Waals surface area contributed by atoms with E-state index in [1.165, 1.54) is 0 Å². The van der Waals surface area contributed by atoms with Crippen LogP contribution in [0.3, 0.4) is 0 Å². The van der Waals surface area contributed by atoms with Crippen molar-refractivity contribution in [3.63, 3.8) is 0 Å². The van der Waals surface area contributed by atoms with E-state index in [9.17, 15) is 0 Å². The van der Waals surface area contributed by atoms with Gasteiger partial charge in [0.1, 0.15) is 0 Å². The molecule has 3 rings (SSSR count). The molecule has 0 saturated heterocycles. The molecule has 0 amide bonds. The average molecular weight is 307 g/mol. The van der Waals surface area contributed by atoms with Crippen molar-refractivity contribution in [2.45, 2.75) is 13.0 Å². The van der Waals surface area contributed by atoms with Crippen molar-refractivity contribution in [1.29, 1.82) is 0 Å². The van der Waals surface area contributed by atoms with Crippen LogP contribution in [0.2, 0.25) is 0 Å². The molecular formula is C11H11BrN6. The quantitative estimate of drug-likeness (QED) is 0.779. The number of aromatic nitrogens is 5. The standard InChI is InChI=1S/C11H11BrN6/c1-7(8-4-13-14-5-8)15-11-16-10-3-2-9(12)6-18(10)17-11/h2-7H,1H3,(H,13,14)(H,15,17). The van der Waals surface area contributed by atoms with Gasteiger partial charge in [-0.2, -0.15) is 10.1 Å². The summed E-state index contributed by atoms with van der Waals surface area (Å²) in [5.74, 6) is 0.599.